The fourth-order valence-corrected chi connectivity index (χ4v) is 3.30. The third-order valence-electron chi connectivity index (χ3n) is 5.35. The van der Waals surface area contributed by atoms with Crippen LogP contribution in [-0.4, -0.2) is 18.5 Å². The topological polar surface area (TPSA) is 36.4 Å². The van der Waals surface area contributed by atoms with Gasteiger partial charge in [0, 0.05) is 11.5 Å². The maximum absolute atomic E-state index is 4.97. The van der Waals surface area contributed by atoms with Crippen molar-refractivity contribution in [1.29, 1.82) is 0 Å². The van der Waals surface area contributed by atoms with Gasteiger partial charge in [-0.25, -0.2) is 0 Å². The van der Waals surface area contributed by atoms with Crippen LogP contribution in [-0.2, 0) is 5.41 Å². The zero-order valence-electron chi connectivity index (χ0n) is 14.9. The fourth-order valence-electron chi connectivity index (χ4n) is 3.30. The summed E-state index contributed by atoms with van der Waals surface area (Å²) in [6.07, 6.45) is 4.99. The molecule has 0 saturated heterocycles. The summed E-state index contributed by atoms with van der Waals surface area (Å²) < 4.78 is 0. The lowest BCUT2D eigenvalue weighted by molar-refractivity contribution is 0.658. The Kier molecular flexibility index (Phi) is 4.48. The van der Waals surface area contributed by atoms with E-state index >= 15 is 0 Å². The van der Waals surface area contributed by atoms with E-state index in [1.807, 2.05) is 0 Å². The summed E-state index contributed by atoms with van der Waals surface area (Å²) in [6.45, 7) is 3.06. The van der Waals surface area contributed by atoms with Crippen LogP contribution in [0.4, 0.5) is 0 Å². The van der Waals surface area contributed by atoms with Crippen molar-refractivity contribution in [2.24, 2.45) is 4.99 Å². The fraction of sp³-hybridized carbons (Fsp3) is 0.409. The average Bonchev–Trinajstić information content (AvgIpc) is 3.57. The lowest BCUT2D eigenvalue weighted by Gasteiger charge is -2.20. The Morgan fingerprint density at radius 1 is 1.04 bits per heavy atom. The van der Waals surface area contributed by atoms with Crippen molar-refractivity contribution in [2.45, 2.75) is 50.1 Å². The lowest BCUT2D eigenvalue weighted by atomic mass is 9.96. The number of nitrogens with zero attached hydrogens (tertiary/aromatic N) is 1. The molecule has 2 fully saturated rings. The van der Waals surface area contributed by atoms with Crippen LogP contribution in [0.25, 0.3) is 0 Å². The van der Waals surface area contributed by atoms with E-state index in [-0.39, 0.29) is 11.5 Å². The van der Waals surface area contributed by atoms with E-state index < -0.39 is 0 Å². The molecule has 4 rings (SSSR count). The SMILES string of the molecule is CC(NC(=NCC1(c2ccccc2)CC1)NC1CC1)c1ccccc1. The second kappa shape index (κ2) is 6.91. The molecule has 2 aromatic carbocycles. The minimum atomic E-state index is 0.248. The molecule has 130 valence electrons. The average molecular weight is 333 g/mol. The van der Waals surface area contributed by atoms with E-state index in [1.54, 1.807) is 0 Å². The molecular formula is C22H27N3. The first kappa shape index (κ1) is 16.2. The molecule has 1 atom stereocenters. The number of benzene rings is 2. The van der Waals surface area contributed by atoms with E-state index in [1.165, 1.54) is 36.8 Å². The van der Waals surface area contributed by atoms with E-state index in [9.17, 15) is 0 Å². The van der Waals surface area contributed by atoms with Crippen molar-refractivity contribution in [2.75, 3.05) is 6.54 Å². The summed E-state index contributed by atoms with van der Waals surface area (Å²) in [5, 5.41) is 7.18. The molecule has 25 heavy (non-hydrogen) atoms. The summed E-state index contributed by atoms with van der Waals surface area (Å²) in [5.74, 6) is 0.959. The monoisotopic (exact) mass is 333 g/mol. The highest BCUT2D eigenvalue weighted by Gasteiger charge is 2.44. The lowest BCUT2D eigenvalue weighted by Crippen LogP contribution is -2.40. The maximum atomic E-state index is 4.97. The van der Waals surface area contributed by atoms with Crippen LogP contribution in [0.2, 0.25) is 0 Å². The van der Waals surface area contributed by atoms with Crippen LogP contribution in [0, 0.1) is 0 Å². The molecule has 0 amide bonds. The molecule has 1 unspecified atom stereocenters. The van der Waals surface area contributed by atoms with Gasteiger partial charge in [-0.2, -0.15) is 0 Å². The third-order valence-corrected chi connectivity index (χ3v) is 5.35. The molecule has 0 aliphatic heterocycles. The second-order valence-electron chi connectivity index (χ2n) is 7.51. The van der Waals surface area contributed by atoms with Gasteiger partial charge in [0.05, 0.1) is 12.6 Å². The zero-order valence-corrected chi connectivity index (χ0v) is 14.9. The van der Waals surface area contributed by atoms with Crippen LogP contribution in [0.3, 0.4) is 0 Å². The van der Waals surface area contributed by atoms with Gasteiger partial charge in [-0.3, -0.25) is 4.99 Å². The Balaban J connectivity index is 1.46. The van der Waals surface area contributed by atoms with Crippen LogP contribution >= 0.6 is 0 Å². The first-order valence-corrected chi connectivity index (χ1v) is 9.43. The Bertz CT molecular complexity index is 715. The minimum Gasteiger partial charge on any atom is -0.354 e. The number of guanidine groups is 1. The van der Waals surface area contributed by atoms with Gasteiger partial charge in [0.15, 0.2) is 5.96 Å². The van der Waals surface area contributed by atoms with E-state index in [0.29, 0.717) is 6.04 Å². The number of nitrogens with one attached hydrogen (secondary N) is 2. The first-order valence-electron chi connectivity index (χ1n) is 9.43. The molecule has 3 nitrogen and oxygen atoms in total. The maximum Gasteiger partial charge on any atom is 0.191 e. The standard InChI is InChI=1S/C22H27N3/c1-17(18-8-4-2-5-9-18)24-21(25-20-12-13-20)23-16-22(14-15-22)19-10-6-3-7-11-19/h2-11,17,20H,12-16H2,1H3,(H2,23,24,25). The first-order chi connectivity index (χ1) is 12.3. The molecule has 2 saturated carbocycles. The van der Waals surface area contributed by atoms with Crippen LogP contribution in [0.1, 0.15) is 49.8 Å². The summed E-state index contributed by atoms with van der Waals surface area (Å²) in [4.78, 5) is 4.97. The minimum absolute atomic E-state index is 0.248. The highest BCUT2D eigenvalue weighted by molar-refractivity contribution is 5.81. The van der Waals surface area contributed by atoms with Crippen molar-refractivity contribution in [3.8, 4) is 0 Å². The van der Waals surface area contributed by atoms with Gasteiger partial charge in [-0.05, 0) is 43.7 Å². The van der Waals surface area contributed by atoms with Crippen LogP contribution in [0.15, 0.2) is 65.7 Å². The van der Waals surface area contributed by atoms with E-state index in [4.69, 9.17) is 4.99 Å². The Labute approximate surface area is 150 Å². The molecule has 2 N–H and O–H groups in total. The molecule has 0 heterocycles. The molecule has 0 spiro atoms. The number of hydrogen-bond acceptors (Lipinski definition) is 1. The molecule has 0 bridgehead atoms. The molecule has 0 aromatic heterocycles. The summed E-state index contributed by atoms with van der Waals surface area (Å²) in [6, 6.07) is 22.3. The Morgan fingerprint density at radius 2 is 1.68 bits per heavy atom. The molecule has 2 aliphatic rings. The largest absolute Gasteiger partial charge is 0.354 e. The van der Waals surface area contributed by atoms with Gasteiger partial charge in [-0.1, -0.05) is 60.7 Å². The van der Waals surface area contributed by atoms with Gasteiger partial charge in [0.2, 0.25) is 0 Å². The van der Waals surface area contributed by atoms with Gasteiger partial charge in [-0.15, -0.1) is 0 Å². The molecular weight excluding hydrogens is 306 g/mol. The van der Waals surface area contributed by atoms with Crippen molar-refractivity contribution in [3.05, 3.63) is 71.8 Å². The molecule has 2 aromatic rings. The molecule has 0 radical (unpaired) electrons. The summed E-state index contributed by atoms with van der Waals surface area (Å²) in [5.41, 5.74) is 2.98. The van der Waals surface area contributed by atoms with Crippen molar-refractivity contribution in [3.63, 3.8) is 0 Å². The smallest absolute Gasteiger partial charge is 0.191 e. The van der Waals surface area contributed by atoms with Crippen LogP contribution < -0.4 is 10.6 Å². The highest BCUT2D eigenvalue weighted by Crippen LogP contribution is 2.48. The summed E-state index contributed by atoms with van der Waals surface area (Å²) >= 11 is 0. The van der Waals surface area contributed by atoms with Crippen molar-refractivity contribution < 1.29 is 0 Å². The normalized spacial score (nSPS) is 20.0. The second-order valence-corrected chi connectivity index (χ2v) is 7.51. The number of rotatable bonds is 6. The predicted molar refractivity (Wildman–Crippen MR) is 104 cm³/mol. The highest BCUT2D eigenvalue weighted by atomic mass is 15.2. The third kappa shape index (κ3) is 4.04. The molecule has 2 aliphatic carbocycles. The van der Waals surface area contributed by atoms with Gasteiger partial charge < -0.3 is 10.6 Å². The van der Waals surface area contributed by atoms with Gasteiger partial charge in [0.25, 0.3) is 0 Å². The van der Waals surface area contributed by atoms with Gasteiger partial charge >= 0.3 is 0 Å². The predicted octanol–water partition coefficient (Wildman–Crippen LogP) is 4.18. The van der Waals surface area contributed by atoms with Crippen LogP contribution in [0.5, 0.6) is 0 Å². The summed E-state index contributed by atoms with van der Waals surface area (Å²) in [7, 11) is 0. The Hall–Kier alpha value is -2.29. The number of hydrogen-bond donors (Lipinski definition) is 2. The Morgan fingerprint density at radius 3 is 2.28 bits per heavy atom. The van der Waals surface area contributed by atoms with Crippen molar-refractivity contribution >= 4 is 5.96 Å². The quantitative estimate of drug-likeness (QED) is 0.615. The van der Waals surface area contributed by atoms with E-state index in [0.717, 1.165) is 12.5 Å². The van der Waals surface area contributed by atoms with Gasteiger partial charge in [0.1, 0.15) is 0 Å². The van der Waals surface area contributed by atoms with E-state index in [2.05, 4.69) is 78.2 Å². The number of aliphatic imine (C=N–C) groups is 1. The van der Waals surface area contributed by atoms with Crippen molar-refractivity contribution in [1.82, 2.24) is 10.6 Å². The zero-order chi connectivity index (χ0) is 17.1. The molecule has 3 heteroatoms.